The molecular formula is C14H16N4O. The molecule has 5 nitrogen and oxygen atoms in total. The van der Waals surface area contributed by atoms with E-state index in [1.165, 1.54) is 5.56 Å². The van der Waals surface area contributed by atoms with E-state index in [0.717, 1.165) is 24.4 Å². The quantitative estimate of drug-likeness (QED) is 0.824. The second kappa shape index (κ2) is 6.01. The Morgan fingerprint density at radius 3 is 2.68 bits per heavy atom. The van der Waals surface area contributed by atoms with Gasteiger partial charge in [-0.3, -0.25) is 0 Å². The van der Waals surface area contributed by atoms with Crippen molar-refractivity contribution in [3.05, 3.63) is 41.2 Å². The van der Waals surface area contributed by atoms with Gasteiger partial charge in [-0.1, -0.05) is 29.8 Å². The van der Waals surface area contributed by atoms with Crippen LogP contribution in [0.2, 0.25) is 0 Å². The largest absolute Gasteiger partial charge is 0.487 e. The van der Waals surface area contributed by atoms with Gasteiger partial charge in [0.2, 0.25) is 0 Å². The molecule has 0 saturated carbocycles. The Labute approximate surface area is 112 Å². The van der Waals surface area contributed by atoms with Gasteiger partial charge >= 0.3 is 0 Å². The van der Waals surface area contributed by atoms with Crippen molar-refractivity contribution in [2.45, 2.75) is 33.4 Å². The first-order valence-corrected chi connectivity index (χ1v) is 6.26. The van der Waals surface area contributed by atoms with Gasteiger partial charge in [-0.25, -0.2) is 4.68 Å². The smallest absolute Gasteiger partial charge is 0.189 e. The molecule has 0 amide bonds. The molecular weight excluding hydrogens is 240 g/mol. The van der Waals surface area contributed by atoms with E-state index >= 15 is 0 Å². The maximum Gasteiger partial charge on any atom is 0.189 e. The fourth-order valence-electron chi connectivity index (χ4n) is 1.74. The molecule has 0 unspecified atom stereocenters. The highest BCUT2D eigenvalue weighted by Gasteiger charge is 2.12. The van der Waals surface area contributed by atoms with Crippen molar-refractivity contribution < 1.29 is 4.74 Å². The van der Waals surface area contributed by atoms with Gasteiger partial charge in [0.15, 0.2) is 5.69 Å². The summed E-state index contributed by atoms with van der Waals surface area (Å²) in [6.07, 6.45) is 0.936. The highest BCUT2D eigenvalue weighted by molar-refractivity contribution is 5.28. The Hall–Kier alpha value is -2.35. The minimum Gasteiger partial charge on any atom is -0.487 e. The highest BCUT2D eigenvalue weighted by Crippen LogP contribution is 2.15. The molecule has 0 atom stereocenters. The molecule has 98 valence electrons. The second-order valence-corrected chi connectivity index (χ2v) is 4.32. The van der Waals surface area contributed by atoms with Crippen LogP contribution in [0.25, 0.3) is 0 Å². The predicted molar refractivity (Wildman–Crippen MR) is 70.5 cm³/mol. The van der Waals surface area contributed by atoms with Crippen molar-refractivity contribution >= 4 is 0 Å². The van der Waals surface area contributed by atoms with Gasteiger partial charge in [-0.15, -0.1) is 5.10 Å². The van der Waals surface area contributed by atoms with Crippen LogP contribution < -0.4 is 4.74 Å². The van der Waals surface area contributed by atoms with Crippen molar-refractivity contribution in [1.82, 2.24) is 15.0 Å². The van der Waals surface area contributed by atoms with Crippen LogP contribution >= 0.6 is 0 Å². The highest BCUT2D eigenvalue weighted by atomic mass is 16.5. The average Bonchev–Trinajstić information content (AvgIpc) is 2.81. The molecule has 0 bridgehead atoms. The number of hydrogen-bond acceptors (Lipinski definition) is 4. The minimum atomic E-state index is 0.305. The molecule has 0 fully saturated rings. The predicted octanol–water partition coefficient (Wildman–Crippen LogP) is 2.45. The van der Waals surface area contributed by atoms with Crippen LogP contribution in [0.15, 0.2) is 24.3 Å². The molecule has 0 N–H and O–H groups in total. The van der Waals surface area contributed by atoms with Gasteiger partial charge in [0, 0.05) is 6.54 Å². The van der Waals surface area contributed by atoms with E-state index in [0.29, 0.717) is 12.3 Å². The zero-order valence-electron chi connectivity index (χ0n) is 11.1. The zero-order chi connectivity index (χ0) is 13.7. The average molecular weight is 256 g/mol. The Morgan fingerprint density at radius 2 is 2.05 bits per heavy atom. The van der Waals surface area contributed by atoms with Crippen molar-refractivity contribution in [3.8, 4) is 11.8 Å². The summed E-state index contributed by atoms with van der Waals surface area (Å²) >= 11 is 0. The van der Waals surface area contributed by atoms with Crippen molar-refractivity contribution in [2.24, 2.45) is 0 Å². The molecule has 1 aromatic carbocycles. The lowest BCUT2D eigenvalue weighted by Crippen LogP contribution is -2.08. The summed E-state index contributed by atoms with van der Waals surface area (Å²) in [5.74, 6) is 0.777. The summed E-state index contributed by atoms with van der Waals surface area (Å²) < 4.78 is 7.41. The minimum absolute atomic E-state index is 0.305. The third-order valence-corrected chi connectivity index (χ3v) is 2.78. The topological polar surface area (TPSA) is 63.7 Å². The van der Waals surface area contributed by atoms with Crippen LogP contribution in [0.5, 0.6) is 5.75 Å². The maximum atomic E-state index is 9.01. The van der Waals surface area contributed by atoms with Gasteiger partial charge in [-0.05, 0) is 25.5 Å². The summed E-state index contributed by atoms with van der Waals surface area (Å²) in [6, 6.07) is 9.85. The molecule has 1 aromatic heterocycles. The summed E-state index contributed by atoms with van der Waals surface area (Å²) in [6.45, 7) is 5.12. The van der Waals surface area contributed by atoms with Crippen LogP contribution in [0.1, 0.15) is 30.3 Å². The van der Waals surface area contributed by atoms with E-state index in [1.807, 2.05) is 37.3 Å². The Balaban J connectivity index is 2.12. The molecule has 0 radical (unpaired) electrons. The number of aryl methyl sites for hydroxylation is 2. The maximum absolute atomic E-state index is 9.01. The number of aromatic nitrogens is 3. The number of nitrogens with zero attached hydrogens (tertiary/aromatic N) is 4. The van der Waals surface area contributed by atoms with E-state index in [2.05, 4.69) is 17.2 Å². The van der Waals surface area contributed by atoms with Gasteiger partial charge in [0.05, 0.1) is 0 Å². The van der Waals surface area contributed by atoms with Crippen molar-refractivity contribution in [3.63, 3.8) is 0 Å². The monoisotopic (exact) mass is 256 g/mol. The van der Waals surface area contributed by atoms with Crippen LogP contribution in [0.3, 0.4) is 0 Å². The standard InChI is InChI=1S/C14H16N4O/c1-3-8-18-14(13(9-15)16-17-18)10-19-12-6-4-11(2)5-7-12/h4-7H,3,8,10H2,1-2H3. The molecule has 0 aliphatic heterocycles. The van der Waals surface area contributed by atoms with E-state index in [9.17, 15) is 0 Å². The van der Waals surface area contributed by atoms with E-state index in [1.54, 1.807) is 4.68 Å². The zero-order valence-corrected chi connectivity index (χ0v) is 11.1. The van der Waals surface area contributed by atoms with Crippen LogP contribution in [-0.4, -0.2) is 15.0 Å². The Bertz CT molecular complexity index is 580. The molecule has 5 heteroatoms. The fourth-order valence-corrected chi connectivity index (χ4v) is 1.74. The van der Waals surface area contributed by atoms with Gasteiger partial charge < -0.3 is 4.74 Å². The number of benzene rings is 1. The molecule has 0 aliphatic carbocycles. The molecule has 19 heavy (non-hydrogen) atoms. The fraction of sp³-hybridized carbons (Fsp3) is 0.357. The third kappa shape index (κ3) is 3.10. The number of nitriles is 1. The first-order chi connectivity index (χ1) is 9.24. The van der Waals surface area contributed by atoms with E-state index in [4.69, 9.17) is 10.00 Å². The summed E-state index contributed by atoms with van der Waals surface area (Å²) in [7, 11) is 0. The number of ether oxygens (including phenoxy) is 1. The normalized spacial score (nSPS) is 10.2. The van der Waals surface area contributed by atoms with E-state index < -0.39 is 0 Å². The lowest BCUT2D eigenvalue weighted by molar-refractivity contribution is 0.291. The Morgan fingerprint density at radius 1 is 1.32 bits per heavy atom. The molecule has 0 aliphatic rings. The van der Waals surface area contributed by atoms with Crippen LogP contribution in [0, 0.1) is 18.3 Å². The lowest BCUT2D eigenvalue weighted by Gasteiger charge is -2.08. The summed E-state index contributed by atoms with van der Waals surface area (Å²) in [5, 5.41) is 16.8. The molecule has 0 spiro atoms. The Kier molecular flexibility index (Phi) is 4.14. The summed E-state index contributed by atoms with van der Waals surface area (Å²) in [4.78, 5) is 0. The molecule has 0 saturated heterocycles. The van der Waals surface area contributed by atoms with Gasteiger partial charge in [-0.2, -0.15) is 5.26 Å². The second-order valence-electron chi connectivity index (χ2n) is 4.32. The third-order valence-electron chi connectivity index (χ3n) is 2.78. The SMILES string of the molecule is CCCn1nnc(C#N)c1COc1ccc(C)cc1. The van der Waals surface area contributed by atoms with Crippen LogP contribution in [0.4, 0.5) is 0 Å². The van der Waals surface area contributed by atoms with Gasteiger partial charge in [0.25, 0.3) is 0 Å². The number of hydrogen-bond donors (Lipinski definition) is 0. The van der Waals surface area contributed by atoms with E-state index in [-0.39, 0.29) is 0 Å². The molecule has 1 heterocycles. The molecule has 2 aromatic rings. The van der Waals surface area contributed by atoms with Crippen molar-refractivity contribution in [1.29, 1.82) is 5.26 Å². The first kappa shape index (κ1) is 13.1. The molecule has 2 rings (SSSR count). The van der Waals surface area contributed by atoms with Crippen molar-refractivity contribution in [2.75, 3.05) is 0 Å². The summed E-state index contributed by atoms with van der Waals surface area (Å²) in [5.41, 5.74) is 2.24. The number of rotatable bonds is 5. The first-order valence-electron chi connectivity index (χ1n) is 6.26. The van der Waals surface area contributed by atoms with Gasteiger partial charge in [0.1, 0.15) is 24.1 Å². The van der Waals surface area contributed by atoms with Crippen LogP contribution in [-0.2, 0) is 13.2 Å². The lowest BCUT2D eigenvalue weighted by atomic mass is 10.2.